The number of nitrogens with zero attached hydrogens (tertiary/aromatic N) is 1. The van der Waals surface area contributed by atoms with Crippen LogP contribution in [0.1, 0.15) is 26.7 Å². The molecule has 72 valence electrons. The van der Waals surface area contributed by atoms with E-state index >= 15 is 0 Å². The fourth-order valence-corrected chi connectivity index (χ4v) is 4.51. The van der Waals surface area contributed by atoms with Crippen molar-refractivity contribution in [3.63, 3.8) is 0 Å². The minimum Gasteiger partial charge on any atom is -0.202 e. The highest BCUT2D eigenvalue weighted by Gasteiger charge is 2.13. The first-order chi connectivity index (χ1) is 5.49. The molecule has 0 bridgehead atoms. The summed E-state index contributed by atoms with van der Waals surface area (Å²) >= 11 is 0. The Balaban J connectivity index is 4.38. The lowest BCUT2D eigenvalue weighted by Gasteiger charge is -1.88. The van der Waals surface area contributed by atoms with E-state index in [9.17, 15) is 8.42 Å². The van der Waals surface area contributed by atoms with Gasteiger partial charge in [0.15, 0.2) is 0 Å². The van der Waals surface area contributed by atoms with E-state index in [1.54, 1.807) is 0 Å². The van der Waals surface area contributed by atoms with Crippen LogP contribution in [0.2, 0.25) is 0 Å². The average molecular weight is 210 g/mol. The van der Waals surface area contributed by atoms with Crippen molar-refractivity contribution < 1.29 is 8.42 Å². The van der Waals surface area contributed by atoms with E-state index in [4.69, 9.17) is 0 Å². The molecule has 0 aliphatic heterocycles. The van der Waals surface area contributed by atoms with Gasteiger partial charge < -0.3 is 0 Å². The molecule has 0 saturated heterocycles. The van der Waals surface area contributed by atoms with Crippen LogP contribution in [0.25, 0.3) is 0 Å². The number of rotatable bonds is 5. The summed E-state index contributed by atoms with van der Waals surface area (Å²) in [5.74, 6) is 0. The molecule has 0 spiro atoms. The van der Waals surface area contributed by atoms with Crippen LogP contribution in [0.15, 0.2) is 4.15 Å². The zero-order valence-electron chi connectivity index (χ0n) is 7.95. The van der Waals surface area contributed by atoms with Gasteiger partial charge in [-0.05, 0) is 12.8 Å². The van der Waals surface area contributed by atoms with Crippen molar-refractivity contribution in [1.29, 1.82) is 0 Å². The lowest BCUT2D eigenvalue weighted by Crippen LogP contribution is -1.90. The minimum atomic E-state index is -3.11. The van der Waals surface area contributed by atoms with Gasteiger partial charge in [-0.25, -0.2) is 8.42 Å². The molecule has 0 radical (unpaired) electrons. The number of sulfonamides is 1. The molecule has 0 atom stereocenters. The van der Waals surface area contributed by atoms with Crippen LogP contribution in [0.5, 0.6) is 0 Å². The molecule has 5 heteroatoms. The van der Waals surface area contributed by atoms with Crippen LogP contribution in [0.4, 0.5) is 0 Å². The Morgan fingerprint density at radius 1 is 1.17 bits per heavy atom. The van der Waals surface area contributed by atoms with Crippen molar-refractivity contribution in [1.82, 2.24) is 0 Å². The molecule has 0 rings (SSSR count). The maximum atomic E-state index is 10.8. The van der Waals surface area contributed by atoms with Crippen LogP contribution in [0, 0.1) is 0 Å². The van der Waals surface area contributed by atoms with Gasteiger partial charge in [0.1, 0.15) is 12.3 Å². The molecule has 12 heavy (non-hydrogen) atoms. The van der Waals surface area contributed by atoms with Gasteiger partial charge in [0.25, 0.3) is 10.0 Å². The first-order valence-corrected chi connectivity index (χ1v) is 7.68. The summed E-state index contributed by atoms with van der Waals surface area (Å²) in [5, 5.41) is 0. The van der Waals surface area contributed by atoms with Gasteiger partial charge in [-0.1, -0.05) is 13.8 Å². The third kappa shape index (κ3) is 6.74. The summed E-state index contributed by atoms with van der Waals surface area (Å²) in [6.07, 6.45) is 5.09. The summed E-state index contributed by atoms with van der Waals surface area (Å²) < 4.78 is 25.5. The van der Waals surface area contributed by atoms with Gasteiger partial charge >= 0.3 is 0 Å². The maximum Gasteiger partial charge on any atom is 0.285 e. The van der Waals surface area contributed by atoms with E-state index in [0.717, 1.165) is 25.2 Å². The Morgan fingerprint density at radius 2 is 1.58 bits per heavy atom. The van der Waals surface area contributed by atoms with Gasteiger partial charge in [0.2, 0.25) is 7.71 Å². The van der Waals surface area contributed by atoms with E-state index < -0.39 is 17.7 Å². The Hall–Kier alpha value is 0.0500. The van der Waals surface area contributed by atoms with E-state index in [1.165, 1.54) is 6.26 Å². The highest BCUT2D eigenvalue weighted by atomic mass is 32.2. The lowest BCUT2D eigenvalue weighted by atomic mass is 10.6. The zero-order chi connectivity index (χ0) is 9.61. The van der Waals surface area contributed by atoms with Crippen LogP contribution >= 0.6 is 7.71 Å². The van der Waals surface area contributed by atoms with Gasteiger partial charge in [0.05, 0.1) is 6.26 Å². The second-order valence-electron chi connectivity index (χ2n) is 2.77. The zero-order valence-corrected chi connectivity index (χ0v) is 9.66. The normalized spacial score (nSPS) is 11.2. The molecule has 0 aromatic heterocycles. The first-order valence-electron chi connectivity index (χ1n) is 4.17. The molecule has 0 fully saturated rings. The topological polar surface area (TPSA) is 46.5 Å². The fourth-order valence-electron chi connectivity index (χ4n) is 0.919. The summed E-state index contributed by atoms with van der Waals surface area (Å²) in [6, 6.07) is 0. The van der Waals surface area contributed by atoms with Gasteiger partial charge in [-0.2, -0.15) is 0 Å². The quantitative estimate of drug-likeness (QED) is 0.654. The van der Waals surface area contributed by atoms with E-state index in [0.29, 0.717) is 0 Å². The van der Waals surface area contributed by atoms with Gasteiger partial charge in [-0.15, -0.1) is 0 Å². The molecular formula is C7H17NO2PS+. The number of hydrogen-bond donors (Lipinski definition) is 0. The third-order valence-corrected chi connectivity index (χ3v) is 5.26. The van der Waals surface area contributed by atoms with E-state index in [2.05, 4.69) is 18.0 Å². The highest BCUT2D eigenvalue weighted by molar-refractivity contribution is 7.92. The molecular weight excluding hydrogens is 193 g/mol. The van der Waals surface area contributed by atoms with Crippen molar-refractivity contribution in [2.24, 2.45) is 4.15 Å². The maximum absolute atomic E-state index is 10.8. The van der Waals surface area contributed by atoms with Crippen molar-refractivity contribution in [3.05, 3.63) is 0 Å². The van der Waals surface area contributed by atoms with Crippen LogP contribution in [-0.2, 0) is 10.0 Å². The Morgan fingerprint density at radius 3 is 1.83 bits per heavy atom. The van der Waals surface area contributed by atoms with Crippen molar-refractivity contribution in [2.45, 2.75) is 26.7 Å². The Kier molecular flexibility index (Phi) is 5.68. The second-order valence-corrected chi connectivity index (χ2v) is 6.79. The molecule has 0 unspecified atom stereocenters. The summed E-state index contributed by atoms with van der Waals surface area (Å²) in [5.41, 5.74) is 0. The van der Waals surface area contributed by atoms with E-state index in [1.807, 2.05) is 0 Å². The summed E-state index contributed by atoms with van der Waals surface area (Å²) in [7, 11) is -3.73. The molecule has 0 heterocycles. The van der Waals surface area contributed by atoms with E-state index in [-0.39, 0.29) is 0 Å². The molecule has 0 N–H and O–H groups in total. The Labute approximate surface area is 76.1 Å². The Bertz CT molecular complexity index is 238. The van der Waals surface area contributed by atoms with Gasteiger partial charge in [-0.3, -0.25) is 0 Å². The standard InChI is InChI=1S/C7H17NO2PS/c1-4-6-11(7-5-2)8-12(3,9)10/h4-7H2,1-3H3/q+1. The third-order valence-electron chi connectivity index (χ3n) is 1.23. The predicted octanol–water partition coefficient (Wildman–Crippen LogP) is 2.43. The molecule has 0 aromatic rings. The average Bonchev–Trinajstić information content (AvgIpc) is 1.84. The smallest absolute Gasteiger partial charge is 0.202 e. The summed E-state index contributed by atoms with van der Waals surface area (Å²) in [6.45, 7) is 4.12. The lowest BCUT2D eigenvalue weighted by molar-refractivity contribution is 0.604. The van der Waals surface area contributed by atoms with Crippen molar-refractivity contribution >= 4 is 17.7 Å². The fraction of sp³-hybridized carbons (Fsp3) is 1.00. The van der Waals surface area contributed by atoms with Crippen molar-refractivity contribution in [3.8, 4) is 0 Å². The van der Waals surface area contributed by atoms with Crippen LogP contribution < -0.4 is 0 Å². The SMILES string of the molecule is CCC[P+](CCC)=NS(C)(=O)=O. The summed E-state index contributed by atoms with van der Waals surface area (Å²) in [4.78, 5) is 0. The molecule has 0 aliphatic rings. The van der Waals surface area contributed by atoms with Crippen molar-refractivity contribution in [2.75, 3.05) is 18.6 Å². The monoisotopic (exact) mass is 210 g/mol. The highest BCUT2D eigenvalue weighted by Crippen LogP contribution is 2.28. The molecule has 0 saturated carbocycles. The molecule has 3 nitrogen and oxygen atoms in total. The minimum absolute atomic E-state index is 0.612. The molecule has 0 aliphatic carbocycles. The predicted molar refractivity (Wildman–Crippen MR) is 54.5 cm³/mol. The number of hydrogen-bond acceptors (Lipinski definition) is 2. The largest absolute Gasteiger partial charge is 0.285 e. The molecule has 0 aromatic carbocycles. The molecule has 0 amide bonds. The van der Waals surface area contributed by atoms with Crippen LogP contribution in [-0.4, -0.2) is 27.0 Å². The van der Waals surface area contributed by atoms with Gasteiger partial charge in [0, 0.05) is 4.15 Å². The second kappa shape index (κ2) is 5.65. The first kappa shape index (κ1) is 12.0. The van der Waals surface area contributed by atoms with Crippen LogP contribution in [0.3, 0.4) is 0 Å².